The van der Waals surface area contributed by atoms with E-state index in [2.05, 4.69) is 15.3 Å². The lowest BCUT2D eigenvalue weighted by molar-refractivity contribution is -0.188. The maximum Gasteiger partial charge on any atom is 0.271 e. The number of ether oxygens (including phenoxy) is 1. The van der Waals surface area contributed by atoms with E-state index >= 15 is 0 Å². The summed E-state index contributed by atoms with van der Waals surface area (Å²) in [5.41, 5.74) is 0.199. The molecule has 1 spiro atoms. The average Bonchev–Trinajstić information content (AvgIpc) is 3.42. The molecule has 1 aromatic rings. The van der Waals surface area contributed by atoms with Gasteiger partial charge in [0.05, 0.1) is 25.9 Å². The van der Waals surface area contributed by atoms with Crippen LogP contribution in [0.4, 0.5) is 0 Å². The van der Waals surface area contributed by atoms with Gasteiger partial charge in [-0.05, 0) is 37.5 Å². The zero-order valence-corrected chi connectivity index (χ0v) is 14.3. The second-order valence-electron chi connectivity index (χ2n) is 7.60. The molecule has 25 heavy (non-hydrogen) atoms. The second-order valence-corrected chi connectivity index (χ2v) is 7.60. The van der Waals surface area contributed by atoms with Crippen LogP contribution in [0.3, 0.4) is 0 Å². The maximum atomic E-state index is 12.1. The highest BCUT2D eigenvalue weighted by molar-refractivity contribution is 5.91. The minimum atomic E-state index is -0.200. The third-order valence-corrected chi connectivity index (χ3v) is 5.45. The van der Waals surface area contributed by atoms with Crippen LogP contribution in [0.1, 0.15) is 42.6 Å². The van der Waals surface area contributed by atoms with E-state index in [0.29, 0.717) is 37.1 Å². The van der Waals surface area contributed by atoms with Gasteiger partial charge in [0.2, 0.25) is 5.91 Å². The predicted molar refractivity (Wildman–Crippen MR) is 89.7 cm³/mol. The Balaban J connectivity index is 1.18. The second kappa shape index (κ2) is 6.71. The Kier molecular flexibility index (Phi) is 4.41. The number of amides is 2. The van der Waals surface area contributed by atoms with Gasteiger partial charge in [0.15, 0.2) is 0 Å². The van der Waals surface area contributed by atoms with Gasteiger partial charge in [0.1, 0.15) is 11.3 Å². The Hall–Kier alpha value is -2.02. The minimum absolute atomic E-state index is 0.134. The first-order valence-corrected chi connectivity index (χ1v) is 9.09. The Morgan fingerprint density at radius 1 is 1.24 bits per heavy atom. The lowest BCUT2D eigenvalue weighted by atomic mass is 9.82. The summed E-state index contributed by atoms with van der Waals surface area (Å²) >= 11 is 0. The quantitative estimate of drug-likeness (QED) is 0.862. The van der Waals surface area contributed by atoms with E-state index in [9.17, 15) is 9.59 Å². The van der Waals surface area contributed by atoms with Crippen molar-refractivity contribution in [1.82, 2.24) is 20.2 Å². The van der Waals surface area contributed by atoms with Crippen molar-refractivity contribution in [3.63, 3.8) is 0 Å². The highest BCUT2D eigenvalue weighted by atomic mass is 16.5. The van der Waals surface area contributed by atoms with E-state index in [1.807, 2.05) is 4.90 Å². The van der Waals surface area contributed by atoms with Gasteiger partial charge in [-0.25, -0.2) is 4.98 Å². The number of rotatable bonds is 5. The number of carbonyl (C=O) groups is 2. The molecule has 0 aromatic carbocycles. The zero-order valence-electron chi connectivity index (χ0n) is 14.3. The summed E-state index contributed by atoms with van der Waals surface area (Å²) in [5, 5.41) is 2.90. The maximum absolute atomic E-state index is 12.1. The van der Waals surface area contributed by atoms with Crippen molar-refractivity contribution in [3.05, 3.63) is 24.3 Å². The van der Waals surface area contributed by atoms with E-state index < -0.39 is 0 Å². The number of nitrogens with one attached hydrogen (secondary N) is 1. The molecule has 0 unspecified atom stereocenters. The predicted octanol–water partition coefficient (Wildman–Crippen LogP) is 1.01. The lowest BCUT2D eigenvalue weighted by Gasteiger charge is -2.52. The molecule has 2 saturated heterocycles. The number of likely N-dealkylation sites (tertiary alicyclic amines) is 1. The molecule has 1 saturated carbocycles. The number of nitrogens with zero attached hydrogens (tertiary/aromatic N) is 3. The summed E-state index contributed by atoms with van der Waals surface area (Å²) in [6.07, 6.45) is 9.61. The summed E-state index contributed by atoms with van der Waals surface area (Å²) in [6, 6.07) is 0. The molecule has 1 aromatic heterocycles. The van der Waals surface area contributed by atoms with Gasteiger partial charge in [-0.3, -0.25) is 14.6 Å². The smallest absolute Gasteiger partial charge is 0.271 e. The number of carbonyl (C=O) groups excluding carboxylic acids is 2. The molecule has 7 nitrogen and oxygen atoms in total. The molecule has 2 amide bonds. The van der Waals surface area contributed by atoms with E-state index in [4.69, 9.17) is 4.74 Å². The fourth-order valence-corrected chi connectivity index (χ4v) is 3.60. The third-order valence-electron chi connectivity index (χ3n) is 5.45. The SMILES string of the molecule is O=C(NC[C@@H]1CCC2(CN(C(=O)CC3CC3)C2)OC1)c1cnccn1. The van der Waals surface area contributed by atoms with Crippen molar-refractivity contribution in [3.8, 4) is 0 Å². The summed E-state index contributed by atoms with van der Waals surface area (Å²) in [7, 11) is 0. The first-order chi connectivity index (χ1) is 12.1. The van der Waals surface area contributed by atoms with Crippen LogP contribution in [0.15, 0.2) is 18.6 Å². The van der Waals surface area contributed by atoms with Crippen LogP contribution < -0.4 is 5.32 Å². The number of aromatic nitrogens is 2. The summed E-state index contributed by atoms with van der Waals surface area (Å²) in [4.78, 5) is 33.9. The van der Waals surface area contributed by atoms with Crippen molar-refractivity contribution in [2.75, 3.05) is 26.2 Å². The van der Waals surface area contributed by atoms with E-state index in [0.717, 1.165) is 25.9 Å². The topological polar surface area (TPSA) is 84.4 Å². The largest absolute Gasteiger partial charge is 0.371 e. The third kappa shape index (κ3) is 3.81. The van der Waals surface area contributed by atoms with Crippen LogP contribution in [-0.4, -0.2) is 58.5 Å². The summed E-state index contributed by atoms with van der Waals surface area (Å²) in [5.74, 6) is 1.03. The molecule has 1 N–H and O–H groups in total. The van der Waals surface area contributed by atoms with Crippen LogP contribution in [0, 0.1) is 11.8 Å². The zero-order chi connectivity index (χ0) is 17.3. The molecule has 3 aliphatic rings. The van der Waals surface area contributed by atoms with Crippen molar-refractivity contribution in [1.29, 1.82) is 0 Å². The minimum Gasteiger partial charge on any atom is -0.371 e. The van der Waals surface area contributed by atoms with Crippen LogP contribution in [0.25, 0.3) is 0 Å². The van der Waals surface area contributed by atoms with Gasteiger partial charge in [-0.2, -0.15) is 0 Å². The van der Waals surface area contributed by atoms with Crippen molar-refractivity contribution >= 4 is 11.8 Å². The van der Waals surface area contributed by atoms with E-state index in [-0.39, 0.29) is 17.4 Å². The Morgan fingerprint density at radius 2 is 2.08 bits per heavy atom. The molecular formula is C18H24N4O3. The van der Waals surface area contributed by atoms with Gasteiger partial charge < -0.3 is 15.0 Å². The normalized spacial score (nSPS) is 24.6. The van der Waals surface area contributed by atoms with Gasteiger partial charge in [-0.15, -0.1) is 0 Å². The van der Waals surface area contributed by atoms with Crippen molar-refractivity contribution in [2.24, 2.45) is 11.8 Å². The molecule has 0 bridgehead atoms. The van der Waals surface area contributed by atoms with Crippen LogP contribution in [-0.2, 0) is 9.53 Å². The molecule has 4 rings (SSSR count). The fraction of sp³-hybridized carbons (Fsp3) is 0.667. The van der Waals surface area contributed by atoms with Gasteiger partial charge in [0, 0.05) is 25.4 Å². The molecule has 2 aliphatic heterocycles. The molecule has 134 valence electrons. The molecule has 1 atom stereocenters. The Morgan fingerprint density at radius 3 is 2.72 bits per heavy atom. The summed E-state index contributed by atoms with van der Waals surface area (Å²) < 4.78 is 6.08. The van der Waals surface area contributed by atoms with Crippen LogP contribution in [0.5, 0.6) is 0 Å². The van der Waals surface area contributed by atoms with Gasteiger partial charge in [-0.1, -0.05) is 0 Å². The van der Waals surface area contributed by atoms with Crippen LogP contribution >= 0.6 is 0 Å². The van der Waals surface area contributed by atoms with E-state index in [1.165, 1.54) is 25.2 Å². The molecular weight excluding hydrogens is 320 g/mol. The first-order valence-electron chi connectivity index (χ1n) is 9.09. The standard InChI is InChI=1S/C18H24N4O3/c23-16(7-13-1-2-13)22-11-18(12-22)4-3-14(10-25-18)8-21-17(24)15-9-19-5-6-20-15/h5-6,9,13-14H,1-4,7-8,10-12H2,(H,21,24)/t14-/m0/s1. The molecule has 1 aliphatic carbocycles. The van der Waals surface area contributed by atoms with Crippen LogP contribution in [0.2, 0.25) is 0 Å². The number of hydrogen-bond donors (Lipinski definition) is 1. The van der Waals surface area contributed by atoms with Crippen molar-refractivity contribution < 1.29 is 14.3 Å². The summed E-state index contributed by atoms with van der Waals surface area (Å²) in [6.45, 7) is 2.68. The highest BCUT2D eigenvalue weighted by Gasteiger charge is 2.48. The van der Waals surface area contributed by atoms with Gasteiger partial charge in [0.25, 0.3) is 5.91 Å². The Labute approximate surface area is 147 Å². The Bertz CT molecular complexity index is 631. The monoisotopic (exact) mass is 344 g/mol. The first kappa shape index (κ1) is 16.4. The fourth-order valence-electron chi connectivity index (χ4n) is 3.60. The molecule has 7 heteroatoms. The number of hydrogen-bond acceptors (Lipinski definition) is 5. The lowest BCUT2D eigenvalue weighted by Crippen LogP contribution is -2.66. The van der Waals surface area contributed by atoms with Crippen molar-refractivity contribution in [2.45, 2.75) is 37.7 Å². The molecule has 0 radical (unpaired) electrons. The molecule has 3 heterocycles. The highest BCUT2D eigenvalue weighted by Crippen LogP contribution is 2.38. The van der Waals surface area contributed by atoms with Gasteiger partial charge >= 0.3 is 0 Å². The molecule has 3 fully saturated rings. The van der Waals surface area contributed by atoms with E-state index in [1.54, 1.807) is 6.20 Å². The average molecular weight is 344 g/mol.